The molecule has 2 aliphatic rings. The largest absolute Gasteiger partial charge is 0.349 e. The molecule has 0 saturated heterocycles. The molecule has 3 aromatic rings. The molecule has 0 aliphatic heterocycles. The summed E-state index contributed by atoms with van der Waals surface area (Å²) in [5.74, 6) is 1.68. The SMILES string of the molecule is C/C=C\C=C/C(C)C1CC1C(=O)Nc1ccc(-c2nc3ccc(C(=O)NC4CCCCCC4)cc3[nH]2)cc1. The van der Waals surface area contributed by atoms with Gasteiger partial charge in [-0.1, -0.05) is 56.9 Å². The third kappa shape index (κ3) is 6.24. The molecule has 5 rings (SSSR count). The summed E-state index contributed by atoms with van der Waals surface area (Å²) in [6.45, 7) is 4.17. The third-order valence-corrected chi connectivity index (χ3v) is 7.93. The van der Waals surface area contributed by atoms with Crippen molar-refractivity contribution >= 4 is 28.5 Å². The number of aromatic nitrogens is 2. The number of imidazole rings is 1. The van der Waals surface area contributed by atoms with E-state index < -0.39 is 0 Å². The number of aromatic amines is 1. The Labute approximate surface area is 225 Å². The predicted molar refractivity (Wildman–Crippen MR) is 154 cm³/mol. The highest BCUT2D eigenvalue weighted by Gasteiger charge is 2.45. The summed E-state index contributed by atoms with van der Waals surface area (Å²) >= 11 is 0. The van der Waals surface area contributed by atoms with Crippen LogP contribution in [0.5, 0.6) is 0 Å². The Morgan fingerprint density at radius 3 is 2.53 bits per heavy atom. The zero-order chi connectivity index (χ0) is 26.5. The number of H-pyrrole nitrogens is 1. The molecule has 1 aromatic heterocycles. The number of nitrogens with one attached hydrogen (secondary N) is 3. The van der Waals surface area contributed by atoms with Gasteiger partial charge in [0.15, 0.2) is 0 Å². The molecule has 38 heavy (non-hydrogen) atoms. The summed E-state index contributed by atoms with van der Waals surface area (Å²) in [7, 11) is 0. The van der Waals surface area contributed by atoms with Crippen molar-refractivity contribution in [2.45, 2.75) is 64.8 Å². The normalized spacial score (nSPS) is 21.0. The summed E-state index contributed by atoms with van der Waals surface area (Å²) in [4.78, 5) is 33.6. The van der Waals surface area contributed by atoms with Gasteiger partial charge in [0.2, 0.25) is 5.91 Å². The Hall–Kier alpha value is -3.67. The average Bonchev–Trinajstić information content (AvgIpc) is 3.68. The van der Waals surface area contributed by atoms with E-state index in [1.807, 2.05) is 61.5 Å². The van der Waals surface area contributed by atoms with Gasteiger partial charge in [0, 0.05) is 28.8 Å². The second kappa shape index (κ2) is 11.8. The quantitative estimate of drug-likeness (QED) is 0.225. The molecule has 2 fully saturated rings. The molecule has 2 aromatic carbocycles. The van der Waals surface area contributed by atoms with Crippen molar-refractivity contribution in [3.05, 3.63) is 72.3 Å². The van der Waals surface area contributed by atoms with Gasteiger partial charge in [-0.25, -0.2) is 4.98 Å². The number of nitrogens with zero attached hydrogens (tertiary/aromatic N) is 1. The Morgan fingerprint density at radius 1 is 1.03 bits per heavy atom. The van der Waals surface area contributed by atoms with Crippen molar-refractivity contribution in [3.63, 3.8) is 0 Å². The lowest BCUT2D eigenvalue weighted by molar-refractivity contribution is -0.117. The topological polar surface area (TPSA) is 86.9 Å². The number of allylic oxidation sites excluding steroid dienone is 4. The average molecular weight is 511 g/mol. The highest BCUT2D eigenvalue weighted by molar-refractivity contribution is 5.98. The minimum absolute atomic E-state index is 0.0174. The van der Waals surface area contributed by atoms with Crippen LogP contribution in [-0.4, -0.2) is 27.8 Å². The van der Waals surface area contributed by atoms with Crippen LogP contribution in [0, 0.1) is 17.8 Å². The molecule has 198 valence electrons. The maximum absolute atomic E-state index is 12.9. The lowest BCUT2D eigenvalue weighted by Gasteiger charge is -2.16. The van der Waals surface area contributed by atoms with Crippen molar-refractivity contribution in [3.8, 4) is 11.4 Å². The van der Waals surface area contributed by atoms with Gasteiger partial charge in [0.05, 0.1) is 11.0 Å². The molecule has 1 heterocycles. The monoisotopic (exact) mass is 510 g/mol. The molecule has 2 amide bonds. The lowest BCUT2D eigenvalue weighted by atomic mass is 10.0. The van der Waals surface area contributed by atoms with Gasteiger partial charge in [-0.3, -0.25) is 9.59 Å². The molecular weight excluding hydrogens is 472 g/mol. The van der Waals surface area contributed by atoms with Crippen LogP contribution in [0.25, 0.3) is 22.4 Å². The van der Waals surface area contributed by atoms with Crippen LogP contribution in [0.1, 0.15) is 69.2 Å². The van der Waals surface area contributed by atoms with Gasteiger partial charge in [0.1, 0.15) is 5.82 Å². The summed E-state index contributed by atoms with van der Waals surface area (Å²) in [5.41, 5.74) is 4.02. The van der Waals surface area contributed by atoms with Gasteiger partial charge < -0.3 is 15.6 Å². The number of fused-ring (bicyclic) bond motifs is 1. The minimum atomic E-state index is -0.0174. The molecule has 0 bridgehead atoms. The molecule has 6 heteroatoms. The van der Waals surface area contributed by atoms with Crippen molar-refractivity contribution in [1.29, 1.82) is 0 Å². The van der Waals surface area contributed by atoms with Crippen LogP contribution in [0.4, 0.5) is 5.69 Å². The van der Waals surface area contributed by atoms with E-state index in [2.05, 4.69) is 34.7 Å². The number of benzene rings is 2. The molecule has 3 atom stereocenters. The van der Waals surface area contributed by atoms with Gasteiger partial charge in [0.25, 0.3) is 5.91 Å². The fourth-order valence-corrected chi connectivity index (χ4v) is 5.52. The van der Waals surface area contributed by atoms with Crippen LogP contribution in [0.15, 0.2) is 66.8 Å². The Balaban J connectivity index is 1.20. The van der Waals surface area contributed by atoms with Gasteiger partial charge in [-0.2, -0.15) is 0 Å². The molecule has 3 N–H and O–H groups in total. The highest BCUT2D eigenvalue weighted by atomic mass is 16.2. The first kappa shape index (κ1) is 26.0. The fourth-order valence-electron chi connectivity index (χ4n) is 5.52. The highest BCUT2D eigenvalue weighted by Crippen LogP contribution is 2.45. The third-order valence-electron chi connectivity index (χ3n) is 7.93. The Bertz CT molecular complexity index is 1330. The van der Waals surface area contributed by atoms with Crippen LogP contribution in [0.2, 0.25) is 0 Å². The molecule has 2 saturated carbocycles. The van der Waals surface area contributed by atoms with Crippen molar-refractivity contribution in [2.24, 2.45) is 17.8 Å². The zero-order valence-corrected chi connectivity index (χ0v) is 22.4. The first-order chi connectivity index (χ1) is 18.5. The van der Waals surface area contributed by atoms with E-state index in [0.29, 0.717) is 17.4 Å². The number of anilines is 1. The van der Waals surface area contributed by atoms with E-state index in [1.165, 1.54) is 25.7 Å². The standard InChI is InChI=1S/C32H38N4O2/c1-3-4-7-10-21(2)26-20-27(26)32(38)34-25-16-13-22(14-17-25)30-35-28-18-15-23(19-29(28)36-30)31(37)33-24-11-8-5-6-9-12-24/h3-4,7,10,13-19,21,24,26-27H,5-6,8-9,11-12,20H2,1-2H3,(H,33,37)(H,34,38)(H,35,36)/b4-3-,10-7-. The van der Waals surface area contributed by atoms with E-state index in [-0.39, 0.29) is 23.8 Å². The summed E-state index contributed by atoms with van der Waals surface area (Å²) in [6.07, 6.45) is 16.2. The van der Waals surface area contributed by atoms with Crippen molar-refractivity contribution in [2.75, 3.05) is 5.32 Å². The first-order valence-corrected chi connectivity index (χ1v) is 14.0. The number of hydrogen-bond acceptors (Lipinski definition) is 3. The Kier molecular flexibility index (Phi) is 8.06. The number of amides is 2. The van der Waals surface area contributed by atoms with Crippen LogP contribution >= 0.6 is 0 Å². The molecule has 6 nitrogen and oxygen atoms in total. The number of rotatable bonds is 8. The number of carbonyl (C=O) groups excluding carboxylic acids is 2. The molecule has 0 spiro atoms. The van der Waals surface area contributed by atoms with Gasteiger partial charge in [-0.05, 0) is 80.5 Å². The zero-order valence-electron chi connectivity index (χ0n) is 22.4. The molecule has 2 aliphatic carbocycles. The summed E-state index contributed by atoms with van der Waals surface area (Å²) in [6, 6.07) is 13.6. The smallest absolute Gasteiger partial charge is 0.251 e. The first-order valence-electron chi connectivity index (χ1n) is 14.0. The second-order valence-electron chi connectivity index (χ2n) is 10.8. The van der Waals surface area contributed by atoms with E-state index in [1.54, 1.807) is 0 Å². The molecular formula is C32H38N4O2. The van der Waals surface area contributed by atoms with Gasteiger partial charge >= 0.3 is 0 Å². The van der Waals surface area contributed by atoms with E-state index in [9.17, 15) is 9.59 Å². The summed E-state index contributed by atoms with van der Waals surface area (Å²) < 4.78 is 0. The van der Waals surface area contributed by atoms with Crippen LogP contribution < -0.4 is 10.6 Å². The predicted octanol–water partition coefficient (Wildman–Crippen LogP) is 7.03. The summed E-state index contributed by atoms with van der Waals surface area (Å²) in [5, 5.41) is 6.29. The van der Waals surface area contributed by atoms with Crippen molar-refractivity contribution in [1.82, 2.24) is 15.3 Å². The Morgan fingerprint density at radius 2 is 1.79 bits per heavy atom. The maximum Gasteiger partial charge on any atom is 0.251 e. The van der Waals surface area contributed by atoms with E-state index >= 15 is 0 Å². The second-order valence-corrected chi connectivity index (χ2v) is 10.8. The number of hydrogen-bond donors (Lipinski definition) is 3. The van der Waals surface area contributed by atoms with Crippen molar-refractivity contribution < 1.29 is 9.59 Å². The van der Waals surface area contributed by atoms with Crippen LogP contribution in [0.3, 0.4) is 0 Å². The van der Waals surface area contributed by atoms with Crippen LogP contribution in [-0.2, 0) is 4.79 Å². The maximum atomic E-state index is 12.9. The van der Waals surface area contributed by atoms with E-state index in [4.69, 9.17) is 4.98 Å². The van der Waals surface area contributed by atoms with E-state index in [0.717, 1.165) is 47.4 Å². The molecule has 3 unspecified atom stereocenters. The number of carbonyl (C=O) groups is 2. The minimum Gasteiger partial charge on any atom is -0.349 e. The van der Waals surface area contributed by atoms with Gasteiger partial charge in [-0.15, -0.1) is 0 Å². The lowest BCUT2D eigenvalue weighted by Crippen LogP contribution is -2.34. The fraction of sp³-hybridized carbons (Fsp3) is 0.406. The molecule has 0 radical (unpaired) electrons.